The van der Waals surface area contributed by atoms with Crippen molar-refractivity contribution in [3.63, 3.8) is 0 Å². The minimum Gasteiger partial charge on any atom is -0.375 e. The standard InChI is InChI=1S/C11H14F2N2O2/c1-3-4-7(2)14-11-9(13)5-8(12)6-10(11)15(16)17/h5-7,14H,3-4H2,1-2H3. The number of nitrogens with zero attached hydrogens (tertiary/aromatic N) is 1. The summed E-state index contributed by atoms with van der Waals surface area (Å²) in [5.74, 6) is -1.90. The van der Waals surface area contributed by atoms with Crippen LogP contribution in [0.15, 0.2) is 12.1 Å². The van der Waals surface area contributed by atoms with E-state index in [1.54, 1.807) is 6.92 Å². The van der Waals surface area contributed by atoms with Gasteiger partial charge in [0.2, 0.25) is 0 Å². The molecular weight excluding hydrogens is 230 g/mol. The number of nitro benzene ring substituents is 1. The number of hydrogen-bond acceptors (Lipinski definition) is 3. The molecule has 0 bridgehead atoms. The van der Waals surface area contributed by atoms with Gasteiger partial charge in [-0.1, -0.05) is 13.3 Å². The molecule has 0 saturated carbocycles. The van der Waals surface area contributed by atoms with Crippen LogP contribution in [0.2, 0.25) is 0 Å². The molecular formula is C11H14F2N2O2. The summed E-state index contributed by atoms with van der Waals surface area (Å²) in [7, 11) is 0. The highest BCUT2D eigenvalue weighted by Gasteiger charge is 2.21. The van der Waals surface area contributed by atoms with Crippen molar-refractivity contribution >= 4 is 11.4 Å². The van der Waals surface area contributed by atoms with Crippen LogP contribution in [0.4, 0.5) is 20.2 Å². The Labute approximate surface area is 97.8 Å². The van der Waals surface area contributed by atoms with E-state index in [0.29, 0.717) is 12.1 Å². The van der Waals surface area contributed by atoms with Crippen molar-refractivity contribution in [1.82, 2.24) is 0 Å². The van der Waals surface area contributed by atoms with Crippen molar-refractivity contribution in [3.8, 4) is 0 Å². The van der Waals surface area contributed by atoms with Crippen LogP contribution < -0.4 is 5.32 Å². The Bertz CT molecular complexity index is 424. The van der Waals surface area contributed by atoms with E-state index in [-0.39, 0.29) is 11.7 Å². The minimum absolute atomic E-state index is 0.112. The maximum absolute atomic E-state index is 13.5. The fourth-order valence-corrected chi connectivity index (χ4v) is 1.60. The predicted molar refractivity (Wildman–Crippen MR) is 61.0 cm³/mol. The van der Waals surface area contributed by atoms with Gasteiger partial charge in [0.05, 0.1) is 11.0 Å². The average Bonchev–Trinajstić information content (AvgIpc) is 2.21. The molecule has 0 saturated heterocycles. The van der Waals surface area contributed by atoms with Gasteiger partial charge in [-0.25, -0.2) is 8.78 Å². The van der Waals surface area contributed by atoms with Crippen LogP contribution in [0, 0.1) is 21.7 Å². The Morgan fingerprint density at radius 3 is 2.65 bits per heavy atom. The van der Waals surface area contributed by atoms with Crippen LogP contribution in [0.3, 0.4) is 0 Å². The van der Waals surface area contributed by atoms with Gasteiger partial charge in [-0.3, -0.25) is 10.1 Å². The zero-order valence-corrected chi connectivity index (χ0v) is 9.67. The van der Waals surface area contributed by atoms with Crippen molar-refractivity contribution in [2.75, 3.05) is 5.32 Å². The molecule has 0 aliphatic heterocycles. The summed E-state index contributed by atoms with van der Waals surface area (Å²) >= 11 is 0. The van der Waals surface area contributed by atoms with E-state index in [1.807, 2.05) is 6.92 Å². The van der Waals surface area contributed by atoms with Crippen LogP contribution in [-0.2, 0) is 0 Å². The van der Waals surface area contributed by atoms with Gasteiger partial charge in [-0.05, 0) is 13.3 Å². The quantitative estimate of drug-likeness (QED) is 0.637. The van der Waals surface area contributed by atoms with Crippen LogP contribution in [-0.4, -0.2) is 11.0 Å². The third kappa shape index (κ3) is 3.37. The monoisotopic (exact) mass is 244 g/mol. The van der Waals surface area contributed by atoms with E-state index in [1.165, 1.54) is 0 Å². The molecule has 0 heterocycles. The smallest absolute Gasteiger partial charge is 0.298 e. The number of nitrogens with one attached hydrogen (secondary N) is 1. The van der Waals surface area contributed by atoms with E-state index in [2.05, 4.69) is 5.32 Å². The second-order valence-electron chi connectivity index (χ2n) is 3.87. The molecule has 0 amide bonds. The van der Waals surface area contributed by atoms with Crippen molar-refractivity contribution < 1.29 is 13.7 Å². The first-order valence-electron chi connectivity index (χ1n) is 5.35. The molecule has 0 aromatic heterocycles. The lowest BCUT2D eigenvalue weighted by Crippen LogP contribution is -2.16. The maximum atomic E-state index is 13.5. The first-order valence-corrected chi connectivity index (χ1v) is 5.35. The van der Waals surface area contributed by atoms with E-state index in [0.717, 1.165) is 12.8 Å². The summed E-state index contributed by atoms with van der Waals surface area (Å²) in [5.41, 5.74) is -0.831. The number of anilines is 1. The number of rotatable bonds is 5. The summed E-state index contributed by atoms with van der Waals surface area (Å²) in [5, 5.41) is 13.4. The van der Waals surface area contributed by atoms with E-state index in [4.69, 9.17) is 0 Å². The summed E-state index contributed by atoms with van der Waals surface area (Å²) in [4.78, 5) is 9.90. The Morgan fingerprint density at radius 2 is 2.12 bits per heavy atom. The zero-order valence-electron chi connectivity index (χ0n) is 9.67. The fourth-order valence-electron chi connectivity index (χ4n) is 1.60. The third-order valence-electron chi connectivity index (χ3n) is 2.34. The maximum Gasteiger partial charge on any atom is 0.298 e. The first kappa shape index (κ1) is 13.3. The van der Waals surface area contributed by atoms with Crippen molar-refractivity contribution in [2.24, 2.45) is 0 Å². The topological polar surface area (TPSA) is 55.2 Å². The third-order valence-corrected chi connectivity index (χ3v) is 2.34. The normalized spacial score (nSPS) is 12.2. The first-order chi connectivity index (χ1) is 7.95. The SMILES string of the molecule is CCCC(C)Nc1c(F)cc(F)cc1[N+](=O)[O-]. The average molecular weight is 244 g/mol. The highest BCUT2D eigenvalue weighted by Crippen LogP contribution is 2.29. The van der Waals surface area contributed by atoms with E-state index in [9.17, 15) is 18.9 Å². The lowest BCUT2D eigenvalue weighted by atomic mass is 10.1. The number of benzene rings is 1. The van der Waals surface area contributed by atoms with Crippen molar-refractivity contribution in [3.05, 3.63) is 33.9 Å². The van der Waals surface area contributed by atoms with Crippen molar-refractivity contribution in [2.45, 2.75) is 32.7 Å². The highest BCUT2D eigenvalue weighted by atomic mass is 19.1. The van der Waals surface area contributed by atoms with Gasteiger partial charge in [-0.2, -0.15) is 0 Å². The molecule has 1 rings (SSSR count). The Balaban J connectivity index is 3.08. The van der Waals surface area contributed by atoms with Crippen LogP contribution >= 0.6 is 0 Å². The highest BCUT2D eigenvalue weighted by molar-refractivity contribution is 5.62. The lowest BCUT2D eigenvalue weighted by Gasteiger charge is -2.14. The molecule has 6 heteroatoms. The summed E-state index contributed by atoms with van der Waals surface area (Å²) in [6.45, 7) is 3.74. The lowest BCUT2D eigenvalue weighted by molar-refractivity contribution is -0.384. The van der Waals surface area contributed by atoms with Gasteiger partial charge in [0.25, 0.3) is 5.69 Å². The van der Waals surface area contributed by atoms with Gasteiger partial charge in [0.1, 0.15) is 11.5 Å². The fraction of sp³-hybridized carbons (Fsp3) is 0.455. The Hall–Kier alpha value is -1.72. The molecule has 17 heavy (non-hydrogen) atoms. The molecule has 0 aliphatic carbocycles. The Morgan fingerprint density at radius 1 is 1.47 bits per heavy atom. The molecule has 1 N–H and O–H groups in total. The van der Waals surface area contributed by atoms with Gasteiger partial charge < -0.3 is 5.32 Å². The van der Waals surface area contributed by atoms with Gasteiger partial charge >= 0.3 is 0 Å². The van der Waals surface area contributed by atoms with Crippen LogP contribution in [0.5, 0.6) is 0 Å². The second-order valence-corrected chi connectivity index (χ2v) is 3.87. The molecule has 1 aromatic carbocycles. The largest absolute Gasteiger partial charge is 0.375 e. The molecule has 4 nitrogen and oxygen atoms in total. The molecule has 1 aromatic rings. The van der Waals surface area contributed by atoms with Crippen LogP contribution in [0.1, 0.15) is 26.7 Å². The number of halogens is 2. The summed E-state index contributed by atoms with van der Waals surface area (Å²) in [6.07, 6.45) is 1.61. The molecule has 0 aliphatic rings. The summed E-state index contributed by atoms with van der Waals surface area (Å²) in [6, 6.07) is 1.23. The second kappa shape index (κ2) is 5.56. The Kier molecular flexibility index (Phi) is 4.37. The molecule has 0 fully saturated rings. The number of hydrogen-bond donors (Lipinski definition) is 1. The van der Waals surface area contributed by atoms with E-state index < -0.39 is 22.2 Å². The molecule has 1 atom stereocenters. The van der Waals surface area contributed by atoms with Crippen molar-refractivity contribution in [1.29, 1.82) is 0 Å². The zero-order chi connectivity index (χ0) is 13.0. The van der Waals surface area contributed by atoms with Gasteiger partial charge in [-0.15, -0.1) is 0 Å². The van der Waals surface area contributed by atoms with Crippen LogP contribution in [0.25, 0.3) is 0 Å². The molecule has 94 valence electrons. The van der Waals surface area contributed by atoms with E-state index >= 15 is 0 Å². The predicted octanol–water partition coefficient (Wildman–Crippen LogP) is 3.47. The van der Waals surface area contributed by atoms with Gasteiger partial charge in [0, 0.05) is 12.1 Å². The summed E-state index contributed by atoms with van der Waals surface area (Å²) < 4.78 is 26.3. The molecule has 0 spiro atoms. The minimum atomic E-state index is -0.956. The molecule has 1 unspecified atom stereocenters. The number of nitro groups is 1. The molecule has 0 radical (unpaired) electrons. The van der Waals surface area contributed by atoms with Gasteiger partial charge in [0.15, 0.2) is 5.82 Å².